The number of aromatic nitrogens is 1. The molecule has 0 aliphatic heterocycles. The third-order valence-corrected chi connectivity index (χ3v) is 4.17. The van der Waals surface area contributed by atoms with Gasteiger partial charge in [0.15, 0.2) is 0 Å². The van der Waals surface area contributed by atoms with Crippen molar-refractivity contribution in [1.29, 1.82) is 0 Å². The van der Waals surface area contributed by atoms with Gasteiger partial charge in [-0.15, -0.1) is 0 Å². The lowest BCUT2D eigenvalue weighted by molar-refractivity contribution is -0.107. The molecule has 0 saturated heterocycles. The zero-order valence-corrected chi connectivity index (χ0v) is 11.2. The van der Waals surface area contributed by atoms with E-state index in [9.17, 15) is 5.11 Å². The van der Waals surface area contributed by atoms with Crippen molar-refractivity contribution in [2.24, 2.45) is 0 Å². The standard InChI is InChI=1S/C16H20NO2/c1-19-15-4-2-3-8-16(15,18)11-12-5-6-14-13(10-12)7-9-17-14/h2,5-7,9-10,15,17-18H,3-4,8,11H2,1H3. The molecule has 3 nitrogen and oxygen atoms in total. The monoisotopic (exact) mass is 258 g/mol. The van der Waals surface area contributed by atoms with Crippen LogP contribution in [0.25, 0.3) is 10.9 Å². The van der Waals surface area contributed by atoms with E-state index >= 15 is 0 Å². The summed E-state index contributed by atoms with van der Waals surface area (Å²) in [4.78, 5) is 3.19. The fourth-order valence-corrected chi connectivity index (χ4v) is 3.09. The maximum absolute atomic E-state index is 10.9. The van der Waals surface area contributed by atoms with Crippen LogP contribution in [0.2, 0.25) is 0 Å². The zero-order valence-electron chi connectivity index (χ0n) is 11.2. The minimum Gasteiger partial charge on any atom is -0.387 e. The van der Waals surface area contributed by atoms with Gasteiger partial charge in [0.1, 0.15) is 0 Å². The maximum atomic E-state index is 10.9. The van der Waals surface area contributed by atoms with Gasteiger partial charge in [0.25, 0.3) is 0 Å². The number of ether oxygens (including phenoxy) is 1. The first-order chi connectivity index (χ1) is 9.21. The smallest absolute Gasteiger partial charge is 0.0948 e. The lowest BCUT2D eigenvalue weighted by Crippen LogP contribution is -2.47. The molecule has 3 rings (SSSR count). The molecule has 2 N–H and O–H groups in total. The molecule has 1 radical (unpaired) electrons. The summed E-state index contributed by atoms with van der Waals surface area (Å²) in [6, 6.07) is 8.37. The second-order valence-corrected chi connectivity index (χ2v) is 5.47. The minimum atomic E-state index is -0.743. The van der Waals surface area contributed by atoms with Crippen LogP contribution in [-0.2, 0) is 11.2 Å². The van der Waals surface area contributed by atoms with Gasteiger partial charge in [-0.25, -0.2) is 0 Å². The fraction of sp³-hybridized carbons (Fsp3) is 0.438. The maximum Gasteiger partial charge on any atom is 0.0948 e. The van der Waals surface area contributed by atoms with Crippen molar-refractivity contribution < 1.29 is 9.84 Å². The van der Waals surface area contributed by atoms with Crippen LogP contribution in [0.3, 0.4) is 0 Å². The Morgan fingerprint density at radius 2 is 2.32 bits per heavy atom. The Bertz CT molecular complexity index is 563. The van der Waals surface area contributed by atoms with Crippen molar-refractivity contribution >= 4 is 10.9 Å². The number of hydrogen-bond acceptors (Lipinski definition) is 2. The highest BCUT2D eigenvalue weighted by Gasteiger charge is 2.39. The van der Waals surface area contributed by atoms with Crippen LogP contribution >= 0.6 is 0 Å². The van der Waals surface area contributed by atoms with Gasteiger partial charge in [0, 0.05) is 25.2 Å². The number of aromatic amines is 1. The largest absolute Gasteiger partial charge is 0.387 e. The van der Waals surface area contributed by atoms with Crippen LogP contribution in [0.15, 0.2) is 30.5 Å². The molecule has 1 fully saturated rings. The van der Waals surface area contributed by atoms with Crippen molar-refractivity contribution in [2.45, 2.75) is 37.4 Å². The van der Waals surface area contributed by atoms with E-state index in [1.165, 1.54) is 10.9 Å². The molecule has 1 aliphatic rings. The van der Waals surface area contributed by atoms with Crippen molar-refractivity contribution in [3.8, 4) is 0 Å². The van der Waals surface area contributed by atoms with Gasteiger partial charge in [-0.05, 0) is 54.8 Å². The number of nitrogens with one attached hydrogen (secondary N) is 1. The van der Waals surface area contributed by atoms with E-state index in [0.717, 1.165) is 24.8 Å². The molecule has 1 heterocycles. The number of methoxy groups -OCH3 is 1. The van der Waals surface area contributed by atoms with Gasteiger partial charge in [0.2, 0.25) is 0 Å². The quantitative estimate of drug-likeness (QED) is 0.889. The number of aliphatic hydroxyl groups is 1. The summed E-state index contributed by atoms with van der Waals surface area (Å²) in [5.74, 6) is 0. The Kier molecular flexibility index (Phi) is 3.33. The zero-order chi connectivity index (χ0) is 13.3. The lowest BCUT2D eigenvalue weighted by Gasteiger charge is -2.39. The first kappa shape index (κ1) is 12.7. The fourth-order valence-electron chi connectivity index (χ4n) is 3.09. The highest BCUT2D eigenvalue weighted by molar-refractivity contribution is 5.79. The highest BCUT2D eigenvalue weighted by Crippen LogP contribution is 2.33. The van der Waals surface area contributed by atoms with Crippen LogP contribution < -0.4 is 0 Å². The molecule has 3 heteroatoms. The predicted molar refractivity (Wildman–Crippen MR) is 75.9 cm³/mol. The van der Waals surface area contributed by atoms with E-state index in [4.69, 9.17) is 4.74 Å². The van der Waals surface area contributed by atoms with E-state index in [1.807, 2.05) is 6.20 Å². The van der Waals surface area contributed by atoms with Gasteiger partial charge < -0.3 is 14.8 Å². The summed E-state index contributed by atoms with van der Waals surface area (Å²) in [5.41, 5.74) is 1.56. The third-order valence-electron chi connectivity index (χ3n) is 4.17. The molecule has 2 atom stereocenters. The average Bonchev–Trinajstić information content (AvgIpc) is 2.86. The van der Waals surface area contributed by atoms with Gasteiger partial charge in [-0.1, -0.05) is 6.07 Å². The Labute approximate surface area is 113 Å². The van der Waals surface area contributed by atoms with Crippen LogP contribution in [-0.4, -0.2) is 28.9 Å². The summed E-state index contributed by atoms with van der Waals surface area (Å²) >= 11 is 0. The SMILES string of the molecule is COC1C[CH]CCC1(O)Cc1ccc2[nH]ccc2c1. The minimum absolute atomic E-state index is 0.0943. The second kappa shape index (κ2) is 4.99. The number of rotatable bonds is 3. The predicted octanol–water partition coefficient (Wildman–Crippen LogP) is 2.84. The molecule has 0 amide bonds. The summed E-state index contributed by atoms with van der Waals surface area (Å²) < 4.78 is 5.46. The molecule has 2 aromatic rings. The summed E-state index contributed by atoms with van der Waals surface area (Å²) in [7, 11) is 1.68. The number of benzene rings is 1. The number of hydrogen-bond donors (Lipinski definition) is 2. The Hall–Kier alpha value is -1.32. The average molecular weight is 258 g/mol. The van der Waals surface area contributed by atoms with Crippen molar-refractivity contribution in [3.05, 3.63) is 42.4 Å². The highest BCUT2D eigenvalue weighted by atomic mass is 16.5. The van der Waals surface area contributed by atoms with Gasteiger partial charge in [0.05, 0.1) is 11.7 Å². The molecule has 101 valence electrons. The topological polar surface area (TPSA) is 45.2 Å². The van der Waals surface area contributed by atoms with Crippen LogP contribution in [0.4, 0.5) is 0 Å². The molecule has 0 spiro atoms. The Morgan fingerprint density at radius 3 is 3.16 bits per heavy atom. The number of H-pyrrole nitrogens is 1. The van der Waals surface area contributed by atoms with E-state index in [0.29, 0.717) is 6.42 Å². The Morgan fingerprint density at radius 1 is 1.42 bits per heavy atom. The molecule has 1 aromatic heterocycles. The van der Waals surface area contributed by atoms with Crippen LogP contribution in [0, 0.1) is 6.42 Å². The first-order valence-corrected chi connectivity index (χ1v) is 6.84. The first-order valence-electron chi connectivity index (χ1n) is 6.84. The lowest BCUT2D eigenvalue weighted by atomic mass is 9.78. The molecule has 19 heavy (non-hydrogen) atoms. The molecule has 1 aliphatic carbocycles. The Balaban J connectivity index is 1.85. The molecule has 0 bridgehead atoms. The second-order valence-electron chi connectivity index (χ2n) is 5.47. The normalized spacial score (nSPS) is 27.8. The van der Waals surface area contributed by atoms with Crippen LogP contribution in [0.1, 0.15) is 24.8 Å². The van der Waals surface area contributed by atoms with Crippen molar-refractivity contribution in [3.63, 3.8) is 0 Å². The van der Waals surface area contributed by atoms with Gasteiger partial charge >= 0.3 is 0 Å². The van der Waals surface area contributed by atoms with E-state index in [2.05, 4.69) is 35.7 Å². The van der Waals surface area contributed by atoms with Gasteiger partial charge in [-0.3, -0.25) is 0 Å². The summed E-state index contributed by atoms with van der Waals surface area (Å²) in [5, 5.41) is 12.0. The molecule has 2 unspecified atom stereocenters. The van der Waals surface area contributed by atoms with E-state index in [1.54, 1.807) is 7.11 Å². The summed E-state index contributed by atoms with van der Waals surface area (Å²) in [6.07, 6.45) is 7.27. The summed E-state index contributed by atoms with van der Waals surface area (Å²) in [6.45, 7) is 0. The third kappa shape index (κ3) is 2.40. The molecular weight excluding hydrogens is 238 g/mol. The van der Waals surface area contributed by atoms with Crippen molar-refractivity contribution in [2.75, 3.05) is 7.11 Å². The van der Waals surface area contributed by atoms with E-state index < -0.39 is 5.60 Å². The molecular formula is C16H20NO2. The van der Waals surface area contributed by atoms with Crippen LogP contribution in [0.5, 0.6) is 0 Å². The number of fused-ring (bicyclic) bond motifs is 1. The van der Waals surface area contributed by atoms with E-state index in [-0.39, 0.29) is 6.10 Å². The van der Waals surface area contributed by atoms with Gasteiger partial charge in [-0.2, -0.15) is 0 Å². The van der Waals surface area contributed by atoms with Crippen molar-refractivity contribution in [1.82, 2.24) is 4.98 Å². The molecule has 1 aromatic carbocycles. The molecule has 1 saturated carbocycles.